The first kappa shape index (κ1) is 24.8. The zero-order chi connectivity index (χ0) is 24.9. The number of pyridine rings is 1. The van der Waals surface area contributed by atoms with E-state index in [1.165, 1.54) is 22.7 Å². The number of hydrogen-bond donors (Lipinski definition) is 3. The van der Waals surface area contributed by atoms with Crippen LogP contribution < -0.4 is 10.1 Å². The molecule has 9 heteroatoms. The molecule has 0 bridgehead atoms. The Morgan fingerprint density at radius 1 is 1.20 bits per heavy atom. The molecule has 7 nitrogen and oxygen atoms in total. The zero-order valence-corrected chi connectivity index (χ0v) is 21.4. The standard InChI is InChI=1S/C26H27N3O4S2/c1-15(2)9-22-23(17-10-16(3)11-19(12-17)33-7-6-30)28-26(35-22)29-24-20(25(31)32)13-18(14-27-24)21-5-4-8-34-21/h4-5,8,10-15,30H,6-7,9H2,1-3H3,(H,31,32)(H,27,28,29). The van der Waals surface area contributed by atoms with E-state index in [0.29, 0.717) is 16.8 Å². The molecule has 35 heavy (non-hydrogen) atoms. The number of aromatic carboxylic acids is 1. The van der Waals surface area contributed by atoms with E-state index in [2.05, 4.69) is 24.1 Å². The normalized spacial score (nSPS) is 11.1. The number of thiazole rings is 1. The van der Waals surface area contributed by atoms with Gasteiger partial charge in [0, 0.05) is 27.1 Å². The number of hydrogen-bond acceptors (Lipinski definition) is 8. The third-order valence-electron chi connectivity index (χ3n) is 5.12. The Morgan fingerprint density at radius 3 is 2.71 bits per heavy atom. The van der Waals surface area contributed by atoms with E-state index in [4.69, 9.17) is 14.8 Å². The lowest BCUT2D eigenvalue weighted by Crippen LogP contribution is -2.05. The maximum Gasteiger partial charge on any atom is 0.339 e. The minimum Gasteiger partial charge on any atom is -0.491 e. The molecule has 0 aliphatic carbocycles. The van der Waals surface area contributed by atoms with Crippen LogP contribution >= 0.6 is 22.7 Å². The van der Waals surface area contributed by atoms with Crippen molar-refractivity contribution in [3.05, 3.63) is 64.0 Å². The number of aliphatic hydroxyl groups excluding tert-OH is 1. The van der Waals surface area contributed by atoms with Crippen LogP contribution in [0.3, 0.4) is 0 Å². The summed E-state index contributed by atoms with van der Waals surface area (Å²) in [6, 6.07) is 11.4. The molecule has 0 spiro atoms. The van der Waals surface area contributed by atoms with Crippen LogP contribution in [0, 0.1) is 12.8 Å². The van der Waals surface area contributed by atoms with Gasteiger partial charge in [0.15, 0.2) is 5.13 Å². The summed E-state index contributed by atoms with van der Waals surface area (Å²) < 4.78 is 5.64. The molecule has 4 aromatic rings. The van der Waals surface area contributed by atoms with Crippen molar-refractivity contribution in [1.82, 2.24) is 9.97 Å². The monoisotopic (exact) mass is 509 g/mol. The van der Waals surface area contributed by atoms with Gasteiger partial charge in [-0.25, -0.2) is 14.8 Å². The molecule has 0 amide bonds. The first-order chi connectivity index (χ1) is 16.8. The first-order valence-corrected chi connectivity index (χ1v) is 12.9. The van der Waals surface area contributed by atoms with E-state index in [9.17, 15) is 9.90 Å². The maximum absolute atomic E-state index is 12.0. The molecule has 0 atom stereocenters. The number of carboxylic acids is 1. The molecule has 3 aromatic heterocycles. The second kappa shape index (κ2) is 11.0. The fraction of sp³-hybridized carbons (Fsp3) is 0.269. The molecule has 0 aliphatic heterocycles. The number of carboxylic acid groups (broad SMARTS) is 1. The quantitative estimate of drug-likeness (QED) is 0.232. The van der Waals surface area contributed by atoms with Crippen molar-refractivity contribution >= 4 is 39.6 Å². The molecular weight excluding hydrogens is 482 g/mol. The topological polar surface area (TPSA) is 105 Å². The van der Waals surface area contributed by atoms with Gasteiger partial charge in [0.25, 0.3) is 0 Å². The Balaban J connectivity index is 1.71. The smallest absolute Gasteiger partial charge is 0.339 e. The van der Waals surface area contributed by atoms with Gasteiger partial charge in [-0.15, -0.1) is 22.7 Å². The van der Waals surface area contributed by atoms with Gasteiger partial charge in [-0.1, -0.05) is 19.9 Å². The Kier molecular flexibility index (Phi) is 7.80. The third kappa shape index (κ3) is 6.05. The summed E-state index contributed by atoms with van der Waals surface area (Å²) in [6.45, 7) is 6.45. The third-order valence-corrected chi connectivity index (χ3v) is 7.04. The molecule has 0 unspecified atom stereocenters. The van der Waals surface area contributed by atoms with Crippen molar-refractivity contribution in [3.63, 3.8) is 0 Å². The predicted molar refractivity (Wildman–Crippen MR) is 141 cm³/mol. The van der Waals surface area contributed by atoms with Crippen LogP contribution in [0.25, 0.3) is 21.7 Å². The van der Waals surface area contributed by atoms with Gasteiger partial charge in [0.05, 0.1) is 12.3 Å². The number of aliphatic hydroxyl groups is 1. The lowest BCUT2D eigenvalue weighted by molar-refractivity contribution is 0.0697. The second-order valence-electron chi connectivity index (χ2n) is 8.52. The van der Waals surface area contributed by atoms with Crippen LogP contribution in [0.5, 0.6) is 5.75 Å². The van der Waals surface area contributed by atoms with Crippen molar-refractivity contribution in [2.45, 2.75) is 27.2 Å². The fourth-order valence-electron chi connectivity index (χ4n) is 3.68. The summed E-state index contributed by atoms with van der Waals surface area (Å²) in [4.78, 5) is 23.3. The highest BCUT2D eigenvalue weighted by Gasteiger charge is 2.19. The van der Waals surface area contributed by atoms with Gasteiger partial charge in [-0.3, -0.25) is 0 Å². The summed E-state index contributed by atoms with van der Waals surface area (Å²) in [5.41, 5.74) is 3.62. The van der Waals surface area contributed by atoms with Crippen molar-refractivity contribution in [1.29, 1.82) is 0 Å². The number of thiophene rings is 1. The van der Waals surface area contributed by atoms with Crippen LogP contribution in [0.15, 0.2) is 48.0 Å². The van der Waals surface area contributed by atoms with E-state index in [0.717, 1.165) is 38.6 Å². The average Bonchev–Trinajstić information content (AvgIpc) is 3.47. The van der Waals surface area contributed by atoms with E-state index in [-0.39, 0.29) is 24.6 Å². The summed E-state index contributed by atoms with van der Waals surface area (Å²) in [7, 11) is 0. The lowest BCUT2D eigenvalue weighted by atomic mass is 10.0. The summed E-state index contributed by atoms with van der Waals surface area (Å²) >= 11 is 3.03. The van der Waals surface area contributed by atoms with Crippen molar-refractivity contribution < 1.29 is 19.7 Å². The van der Waals surface area contributed by atoms with Crippen LogP contribution in [0.2, 0.25) is 0 Å². The molecule has 4 rings (SSSR count). The number of nitrogens with one attached hydrogen (secondary N) is 1. The van der Waals surface area contributed by atoms with E-state index in [1.54, 1.807) is 12.3 Å². The van der Waals surface area contributed by atoms with Gasteiger partial charge in [-0.05, 0) is 60.5 Å². The van der Waals surface area contributed by atoms with E-state index in [1.807, 2.05) is 42.6 Å². The van der Waals surface area contributed by atoms with Crippen molar-refractivity contribution in [3.8, 4) is 27.4 Å². The molecule has 3 heterocycles. The molecule has 3 N–H and O–H groups in total. The first-order valence-electron chi connectivity index (χ1n) is 11.2. The zero-order valence-electron chi connectivity index (χ0n) is 19.7. The summed E-state index contributed by atoms with van der Waals surface area (Å²) in [6.07, 6.45) is 2.50. The molecular formula is C26H27N3O4S2. The highest BCUT2D eigenvalue weighted by molar-refractivity contribution is 7.16. The number of anilines is 2. The van der Waals surface area contributed by atoms with Gasteiger partial charge in [0.1, 0.15) is 23.7 Å². The molecule has 0 fully saturated rings. The minimum absolute atomic E-state index is 0.0587. The van der Waals surface area contributed by atoms with Crippen LogP contribution in [-0.2, 0) is 6.42 Å². The molecule has 0 radical (unpaired) electrons. The van der Waals surface area contributed by atoms with Crippen LogP contribution in [0.4, 0.5) is 10.9 Å². The minimum atomic E-state index is -1.05. The second-order valence-corrected chi connectivity index (χ2v) is 10.6. The Hall–Kier alpha value is -3.27. The van der Waals surface area contributed by atoms with Crippen molar-refractivity contribution in [2.75, 3.05) is 18.5 Å². The van der Waals surface area contributed by atoms with E-state index < -0.39 is 5.97 Å². The molecule has 1 aromatic carbocycles. The number of nitrogens with zero attached hydrogens (tertiary/aromatic N) is 2. The van der Waals surface area contributed by atoms with Crippen LogP contribution in [-0.4, -0.2) is 39.4 Å². The van der Waals surface area contributed by atoms with Crippen LogP contribution in [0.1, 0.15) is 34.6 Å². The average molecular weight is 510 g/mol. The highest BCUT2D eigenvalue weighted by Crippen LogP contribution is 2.37. The molecule has 0 saturated heterocycles. The van der Waals surface area contributed by atoms with Crippen molar-refractivity contribution in [2.24, 2.45) is 5.92 Å². The number of aryl methyl sites for hydroxylation is 1. The Bertz CT molecular complexity index is 1320. The SMILES string of the molecule is Cc1cc(OCCO)cc(-c2nc(Nc3ncc(-c4cccs4)cc3C(=O)O)sc2CC(C)C)c1. The number of aromatic nitrogens is 2. The lowest BCUT2D eigenvalue weighted by Gasteiger charge is -2.10. The molecule has 0 saturated carbocycles. The number of rotatable bonds is 10. The number of ether oxygens (including phenoxy) is 1. The van der Waals surface area contributed by atoms with Gasteiger partial charge >= 0.3 is 5.97 Å². The maximum atomic E-state index is 12.0. The Morgan fingerprint density at radius 2 is 2.03 bits per heavy atom. The van der Waals surface area contributed by atoms with Gasteiger partial charge in [0.2, 0.25) is 0 Å². The Labute approximate surface area is 212 Å². The van der Waals surface area contributed by atoms with E-state index >= 15 is 0 Å². The number of benzene rings is 1. The number of carbonyl (C=O) groups is 1. The molecule has 0 aliphatic rings. The summed E-state index contributed by atoms with van der Waals surface area (Å²) in [5.74, 6) is 0.285. The predicted octanol–water partition coefficient (Wildman–Crippen LogP) is 6.25. The summed E-state index contributed by atoms with van der Waals surface area (Å²) in [5, 5.41) is 24.6. The largest absolute Gasteiger partial charge is 0.491 e. The van der Waals surface area contributed by atoms with Gasteiger partial charge < -0.3 is 20.3 Å². The fourth-order valence-corrected chi connectivity index (χ4v) is 5.58. The highest BCUT2D eigenvalue weighted by atomic mass is 32.1. The van der Waals surface area contributed by atoms with Gasteiger partial charge in [-0.2, -0.15) is 0 Å². The molecule has 182 valence electrons.